The van der Waals surface area contributed by atoms with Crippen molar-refractivity contribution in [3.05, 3.63) is 71.5 Å². The highest BCUT2D eigenvalue weighted by Crippen LogP contribution is 2.36. The number of oxime groups is 1. The quantitative estimate of drug-likeness (QED) is 0.542. The number of carbonyl (C=O) groups excluding carboxylic acids is 1. The smallest absolute Gasteiger partial charge is 0.269 e. The molecule has 0 bridgehead atoms. The highest BCUT2D eigenvalue weighted by Gasteiger charge is 2.26. The summed E-state index contributed by atoms with van der Waals surface area (Å²) in [5, 5.41) is 10.8. The Hall–Kier alpha value is -3.41. The van der Waals surface area contributed by atoms with Gasteiger partial charge in [0.1, 0.15) is 11.5 Å². The number of rotatable bonds is 5. The Labute approximate surface area is 156 Å². The second kappa shape index (κ2) is 7.07. The molecule has 6 heteroatoms. The van der Waals surface area contributed by atoms with Crippen LogP contribution >= 0.6 is 0 Å². The molecule has 0 unspecified atom stereocenters. The van der Waals surface area contributed by atoms with Crippen LogP contribution in [0.15, 0.2) is 64.3 Å². The van der Waals surface area contributed by atoms with Gasteiger partial charge in [0.05, 0.1) is 0 Å². The summed E-state index contributed by atoms with van der Waals surface area (Å²) >= 11 is 0. The predicted octanol–water partition coefficient (Wildman–Crippen LogP) is 4.15. The highest BCUT2D eigenvalue weighted by atomic mass is 16.6. The molecule has 3 aromatic rings. The van der Waals surface area contributed by atoms with Crippen molar-refractivity contribution in [3.63, 3.8) is 0 Å². The van der Waals surface area contributed by atoms with E-state index in [1.807, 2.05) is 43.3 Å². The van der Waals surface area contributed by atoms with Gasteiger partial charge in [-0.25, -0.2) is 0 Å². The Bertz CT molecular complexity index is 975. The van der Waals surface area contributed by atoms with E-state index in [2.05, 4.69) is 27.8 Å². The zero-order chi connectivity index (χ0) is 18.8. The van der Waals surface area contributed by atoms with Crippen LogP contribution in [0.4, 0.5) is 5.82 Å². The summed E-state index contributed by atoms with van der Waals surface area (Å²) in [6.45, 7) is 3.63. The van der Waals surface area contributed by atoms with Gasteiger partial charge in [-0.1, -0.05) is 65.8 Å². The molecular formula is C21H19N3O3. The van der Waals surface area contributed by atoms with Gasteiger partial charge in [-0.3, -0.25) is 4.79 Å². The van der Waals surface area contributed by atoms with Crippen LogP contribution in [0.5, 0.6) is 0 Å². The van der Waals surface area contributed by atoms with Gasteiger partial charge in [0.25, 0.3) is 5.91 Å². The number of aromatic nitrogens is 1. The lowest BCUT2D eigenvalue weighted by Crippen LogP contribution is -2.29. The van der Waals surface area contributed by atoms with E-state index in [-0.39, 0.29) is 5.91 Å². The molecule has 0 aliphatic heterocycles. The van der Waals surface area contributed by atoms with Gasteiger partial charge < -0.3 is 14.7 Å². The molecule has 6 nitrogen and oxygen atoms in total. The molecule has 1 aliphatic carbocycles. The Kier molecular flexibility index (Phi) is 4.46. The summed E-state index contributed by atoms with van der Waals surface area (Å²) in [5.41, 5.74) is 4.98. The minimum Gasteiger partial charge on any atom is -0.382 e. The zero-order valence-corrected chi connectivity index (χ0v) is 15.1. The van der Waals surface area contributed by atoms with E-state index in [9.17, 15) is 4.79 Å². The fraction of sp³-hybridized carbons (Fsp3) is 0.190. The van der Waals surface area contributed by atoms with Crippen LogP contribution in [-0.2, 0) is 9.63 Å². The summed E-state index contributed by atoms with van der Waals surface area (Å²) < 4.78 is 4.97. The number of hydrogen-bond donors (Lipinski definition) is 1. The fourth-order valence-electron chi connectivity index (χ4n) is 3.15. The summed E-state index contributed by atoms with van der Waals surface area (Å²) in [6.07, 6.45) is -0.252. The molecule has 4 rings (SSSR count). The third-order valence-electron chi connectivity index (χ3n) is 4.47. The normalized spacial score (nSPS) is 12.9. The van der Waals surface area contributed by atoms with E-state index in [4.69, 9.17) is 9.36 Å². The Balaban J connectivity index is 1.58. The van der Waals surface area contributed by atoms with Crippen LogP contribution < -0.4 is 5.32 Å². The first-order valence-electron chi connectivity index (χ1n) is 8.84. The predicted molar refractivity (Wildman–Crippen MR) is 103 cm³/mol. The molecule has 1 N–H and O–H groups in total. The standard InChI is InChI=1S/C21H19N3O3/c1-3-18(21(25)22-19-12-13(2)26-23-19)27-24-20-16-10-6-4-8-14(16)15-9-5-7-11-17(15)20/h4-12,18H,3H2,1-2H3,(H,22,23,25)/t18-/m1/s1. The Morgan fingerprint density at radius 1 is 1.11 bits per heavy atom. The van der Waals surface area contributed by atoms with Crippen molar-refractivity contribution < 1.29 is 14.2 Å². The van der Waals surface area contributed by atoms with Crippen molar-refractivity contribution in [2.24, 2.45) is 5.16 Å². The van der Waals surface area contributed by atoms with E-state index in [1.54, 1.807) is 13.0 Å². The van der Waals surface area contributed by atoms with Crippen molar-refractivity contribution in [2.45, 2.75) is 26.4 Å². The molecule has 0 saturated heterocycles. The van der Waals surface area contributed by atoms with E-state index in [1.165, 1.54) is 0 Å². The molecule has 1 aromatic heterocycles. The number of amides is 1. The first kappa shape index (κ1) is 17.0. The number of nitrogens with zero attached hydrogens (tertiary/aromatic N) is 2. The van der Waals surface area contributed by atoms with Crippen LogP contribution in [0.3, 0.4) is 0 Å². The van der Waals surface area contributed by atoms with E-state index in [0.29, 0.717) is 18.0 Å². The number of nitrogens with one attached hydrogen (secondary N) is 1. The van der Waals surface area contributed by atoms with Gasteiger partial charge in [0.15, 0.2) is 5.82 Å². The van der Waals surface area contributed by atoms with E-state index >= 15 is 0 Å². The maximum absolute atomic E-state index is 12.5. The van der Waals surface area contributed by atoms with E-state index < -0.39 is 6.10 Å². The van der Waals surface area contributed by atoms with Crippen molar-refractivity contribution in [2.75, 3.05) is 5.32 Å². The van der Waals surface area contributed by atoms with Crippen LogP contribution in [0.1, 0.15) is 30.2 Å². The summed E-state index contributed by atoms with van der Waals surface area (Å²) in [6, 6.07) is 17.7. The van der Waals surface area contributed by atoms with Gasteiger partial charge >= 0.3 is 0 Å². The average molecular weight is 361 g/mol. The number of anilines is 1. The largest absolute Gasteiger partial charge is 0.382 e. The third-order valence-corrected chi connectivity index (χ3v) is 4.47. The maximum Gasteiger partial charge on any atom is 0.269 e. The molecule has 2 aromatic carbocycles. The lowest BCUT2D eigenvalue weighted by Gasteiger charge is -2.12. The molecule has 27 heavy (non-hydrogen) atoms. The molecule has 1 aliphatic rings. The molecule has 0 radical (unpaired) electrons. The third kappa shape index (κ3) is 3.21. The van der Waals surface area contributed by atoms with Gasteiger partial charge in [-0.05, 0) is 24.5 Å². The van der Waals surface area contributed by atoms with Gasteiger partial charge in [0.2, 0.25) is 6.10 Å². The van der Waals surface area contributed by atoms with Crippen LogP contribution in [0, 0.1) is 6.92 Å². The van der Waals surface area contributed by atoms with Crippen molar-refractivity contribution >= 4 is 17.4 Å². The number of aryl methyl sites for hydroxylation is 1. The zero-order valence-electron chi connectivity index (χ0n) is 15.1. The number of benzene rings is 2. The first-order chi connectivity index (χ1) is 13.2. The molecular weight excluding hydrogens is 342 g/mol. The fourth-order valence-corrected chi connectivity index (χ4v) is 3.15. The number of hydrogen-bond acceptors (Lipinski definition) is 5. The molecule has 136 valence electrons. The monoisotopic (exact) mass is 361 g/mol. The molecule has 1 atom stereocenters. The molecule has 0 saturated carbocycles. The second-order valence-electron chi connectivity index (χ2n) is 6.35. The molecule has 0 spiro atoms. The molecule has 1 heterocycles. The van der Waals surface area contributed by atoms with Crippen molar-refractivity contribution in [1.82, 2.24) is 5.16 Å². The van der Waals surface area contributed by atoms with Crippen molar-refractivity contribution in [3.8, 4) is 11.1 Å². The molecule has 0 fully saturated rings. The maximum atomic E-state index is 12.5. The van der Waals surface area contributed by atoms with Crippen molar-refractivity contribution in [1.29, 1.82) is 0 Å². The Morgan fingerprint density at radius 2 is 1.70 bits per heavy atom. The van der Waals surface area contributed by atoms with Crippen LogP contribution in [-0.4, -0.2) is 22.9 Å². The van der Waals surface area contributed by atoms with Gasteiger partial charge in [-0.2, -0.15) is 0 Å². The highest BCUT2D eigenvalue weighted by molar-refractivity contribution is 6.24. The first-order valence-corrected chi connectivity index (χ1v) is 8.84. The van der Waals surface area contributed by atoms with Crippen LogP contribution in [0.2, 0.25) is 0 Å². The minimum absolute atomic E-state index is 0.310. The summed E-state index contributed by atoms with van der Waals surface area (Å²) in [4.78, 5) is 18.1. The van der Waals surface area contributed by atoms with Gasteiger partial charge in [0, 0.05) is 17.2 Å². The minimum atomic E-state index is -0.727. The van der Waals surface area contributed by atoms with Crippen LogP contribution in [0.25, 0.3) is 11.1 Å². The molecule has 1 amide bonds. The Morgan fingerprint density at radius 3 is 2.22 bits per heavy atom. The lowest BCUT2D eigenvalue weighted by atomic mass is 10.1. The SMILES string of the molecule is CC[C@@H](ON=C1c2ccccc2-c2ccccc21)C(=O)Nc1cc(C)on1. The van der Waals surface area contributed by atoms with E-state index in [0.717, 1.165) is 28.0 Å². The number of fused-ring (bicyclic) bond motifs is 3. The summed E-state index contributed by atoms with van der Waals surface area (Å²) in [7, 11) is 0. The average Bonchev–Trinajstić information content (AvgIpc) is 3.24. The second-order valence-corrected chi connectivity index (χ2v) is 6.35. The lowest BCUT2D eigenvalue weighted by molar-refractivity contribution is -0.127. The number of carbonyl (C=O) groups is 1. The topological polar surface area (TPSA) is 76.7 Å². The van der Waals surface area contributed by atoms with Gasteiger partial charge in [-0.15, -0.1) is 0 Å². The summed E-state index contributed by atoms with van der Waals surface area (Å²) in [5.74, 6) is 0.678.